The molecule has 21 heavy (non-hydrogen) atoms. The van der Waals surface area contributed by atoms with Gasteiger partial charge in [0.2, 0.25) is 0 Å². The van der Waals surface area contributed by atoms with Gasteiger partial charge in [-0.2, -0.15) is 5.71 Å². The van der Waals surface area contributed by atoms with Gasteiger partial charge in [-0.05, 0) is 31.8 Å². The molecule has 0 aromatic heterocycles. The van der Waals surface area contributed by atoms with Crippen molar-refractivity contribution >= 4 is 5.71 Å². The van der Waals surface area contributed by atoms with Gasteiger partial charge in [0.05, 0.1) is 12.9 Å². The molecular weight excluding hydrogens is 318 g/mol. The molecule has 0 spiro atoms. The number of allylic oxidation sites excluding steroid dienone is 1. The van der Waals surface area contributed by atoms with Crippen molar-refractivity contribution in [2.45, 2.75) is 19.8 Å². The normalized spacial score (nSPS) is 8.90. The van der Waals surface area contributed by atoms with Gasteiger partial charge in [-0.1, -0.05) is 0 Å². The number of hydrogen-bond acceptors (Lipinski definition) is 1. The SMILES string of the molecule is CCO/C=C/C(=[N-])C1CC1.[C-]#[O+].[C-]#[O+].[C-]#[O+].[C-]#[O+].[C-]#[O+].[Cr]. The second-order valence-electron chi connectivity index (χ2n) is 2.46. The molecule has 0 aliphatic heterocycles. The quantitative estimate of drug-likeness (QED) is 0.330. The zero-order valence-corrected chi connectivity index (χ0v) is 12.4. The van der Waals surface area contributed by atoms with Crippen molar-refractivity contribution in [3.8, 4) is 0 Å². The van der Waals surface area contributed by atoms with E-state index in [-0.39, 0.29) is 17.4 Å². The van der Waals surface area contributed by atoms with Crippen LogP contribution >= 0.6 is 0 Å². The Hall–Kier alpha value is -1.56. The molecule has 0 bridgehead atoms. The third kappa shape index (κ3) is 45.7. The largest absolute Gasteiger partial charge is 0 e. The third-order valence-corrected chi connectivity index (χ3v) is 1.50. The van der Waals surface area contributed by atoms with Gasteiger partial charge in [0.1, 0.15) is 0 Å². The van der Waals surface area contributed by atoms with Crippen LogP contribution in [0.5, 0.6) is 0 Å². The Morgan fingerprint density at radius 2 is 1.33 bits per heavy atom. The van der Waals surface area contributed by atoms with E-state index in [1.165, 1.54) is 0 Å². The van der Waals surface area contributed by atoms with Crippen LogP contribution in [-0.4, -0.2) is 12.3 Å². The van der Waals surface area contributed by atoms with Gasteiger partial charge >= 0.3 is 56.5 Å². The Balaban J connectivity index is -0.0000000440. The van der Waals surface area contributed by atoms with Crippen LogP contribution in [0.15, 0.2) is 12.3 Å². The van der Waals surface area contributed by atoms with Crippen molar-refractivity contribution in [2.24, 2.45) is 5.92 Å². The molecule has 112 valence electrons. The molecule has 0 radical (unpaired) electrons. The second-order valence-corrected chi connectivity index (χ2v) is 2.46. The standard InChI is InChI=1S/C8H12NO.5CO.Cr/c1-2-10-6-5-8(9)7-3-4-7;5*1-2;/h5-7H,2-4H2,1H3;;;;;;/q-1;;;;;;/b6-5+;;;;;;. The van der Waals surface area contributed by atoms with E-state index in [2.05, 4.69) is 33.3 Å². The predicted octanol–water partition coefficient (Wildman–Crippen LogP) is 1.77. The van der Waals surface area contributed by atoms with Crippen LogP contribution in [0.3, 0.4) is 0 Å². The van der Waals surface area contributed by atoms with Crippen molar-refractivity contribution in [1.82, 2.24) is 0 Å². The van der Waals surface area contributed by atoms with Crippen LogP contribution in [0.25, 0.3) is 5.41 Å². The molecule has 0 amide bonds. The van der Waals surface area contributed by atoms with Crippen molar-refractivity contribution in [3.63, 3.8) is 0 Å². The third-order valence-electron chi connectivity index (χ3n) is 1.50. The van der Waals surface area contributed by atoms with Gasteiger partial charge in [0, 0.05) is 17.4 Å². The average molecular weight is 330 g/mol. The van der Waals surface area contributed by atoms with Gasteiger partial charge in [-0.15, -0.1) is 0 Å². The minimum atomic E-state index is 0. The van der Waals surface area contributed by atoms with E-state index in [1.54, 1.807) is 12.3 Å². The van der Waals surface area contributed by atoms with Crippen molar-refractivity contribution in [1.29, 1.82) is 0 Å². The average Bonchev–Trinajstić information content (AvgIpc) is 3.42. The first-order valence-electron chi connectivity index (χ1n) is 4.70. The minimum Gasteiger partial charge on any atom is 0 e. The summed E-state index contributed by atoms with van der Waals surface area (Å²) in [7, 11) is 0. The molecule has 0 heterocycles. The first-order chi connectivity index (χ1) is 9.84. The Morgan fingerprint density at radius 3 is 1.57 bits per heavy atom. The molecular formula is C13H12CrNO6-. The van der Waals surface area contributed by atoms with Gasteiger partial charge < -0.3 is 10.1 Å². The smallest absolute Gasteiger partial charge is 0 e. The molecule has 0 saturated heterocycles. The molecule has 1 fully saturated rings. The van der Waals surface area contributed by atoms with Crippen LogP contribution in [0.2, 0.25) is 0 Å². The maximum absolute atomic E-state index is 9.17. The van der Waals surface area contributed by atoms with Crippen LogP contribution in [-0.2, 0) is 45.4 Å². The fourth-order valence-electron chi connectivity index (χ4n) is 0.729. The molecule has 1 saturated carbocycles. The van der Waals surface area contributed by atoms with Crippen molar-refractivity contribution in [2.75, 3.05) is 6.61 Å². The van der Waals surface area contributed by atoms with Crippen LogP contribution in [0.4, 0.5) is 0 Å². The summed E-state index contributed by atoms with van der Waals surface area (Å²) in [6, 6.07) is 0. The Bertz CT molecular complexity index is 291. The molecule has 0 aromatic carbocycles. The van der Waals surface area contributed by atoms with Crippen LogP contribution in [0, 0.1) is 39.2 Å². The molecule has 1 rings (SSSR count). The first-order valence-corrected chi connectivity index (χ1v) is 4.70. The van der Waals surface area contributed by atoms with Crippen LogP contribution < -0.4 is 0 Å². The summed E-state index contributed by atoms with van der Waals surface area (Å²) in [6.45, 7) is 25.1. The molecule has 0 atom stereocenters. The number of ether oxygens (including phenoxy) is 1. The molecule has 0 unspecified atom stereocenters. The van der Waals surface area contributed by atoms with Crippen LogP contribution in [0.1, 0.15) is 19.8 Å². The van der Waals surface area contributed by atoms with Gasteiger partial charge in [-0.3, -0.25) is 0 Å². The van der Waals surface area contributed by atoms with Crippen molar-refractivity contribution < 1.29 is 45.4 Å². The summed E-state index contributed by atoms with van der Waals surface area (Å²) in [5, 5.41) is 9.17. The van der Waals surface area contributed by atoms with E-state index in [4.69, 9.17) is 33.4 Å². The predicted molar refractivity (Wildman–Crippen MR) is 61.5 cm³/mol. The molecule has 8 heteroatoms. The summed E-state index contributed by atoms with van der Waals surface area (Å²) in [5.41, 5.74) is 0.466. The van der Waals surface area contributed by atoms with E-state index in [0.717, 1.165) is 12.8 Å². The van der Waals surface area contributed by atoms with E-state index in [1.807, 2.05) is 6.92 Å². The zero-order chi connectivity index (χ0) is 17.4. The summed E-state index contributed by atoms with van der Waals surface area (Å²) in [4.78, 5) is 0. The van der Waals surface area contributed by atoms with E-state index < -0.39 is 0 Å². The summed E-state index contributed by atoms with van der Waals surface area (Å²) >= 11 is 0. The van der Waals surface area contributed by atoms with E-state index >= 15 is 0 Å². The topological polar surface area (TPSA) is 131 Å². The molecule has 1 aliphatic rings. The maximum Gasteiger partial charge on any atom is 0 e. The van der Waals surface area contributed by atoms with Gasteiger partial charge in [0.25, 0.3) is 0 Å². The molecule has 0 aromatic rings. The number of hydrogen-bond donors (Lipinski definition) is 0. The molecule has 0 N–H and O–H groups in total. The fraction of sp³-hybridized carbons (Fsp3) is 0.385. The van der Waals surface area contributed by atoms with Crippen molar-refractivity contribution in [3.05, 3.63) is 51.0 Å². The van der Waals surface area contributed by atoms with E-state index in [0.29, 0.717) is 18.2 Å². The van der Waals surface area contributed by atoms with Gasteiger partial charge in [0.15, 0.2) is 0 Å². The number of rotatable bonds is 4. The monoisotopic (exact) mass is 330 g/mol. The molecule has 1 aliphatic carbocycles. The summed E-state index contributed by atoms with van der Waals surface area (Å²) in [6.07, 6.45) is 5.44. The van der Waals surface area contributed by atoms with Gasteiger partial charge in [-0.25, -0.2) is 0 Å². The number of nitrogens with zero attached hydrogens (tertiary/aromatic N) is 1. The zero-order valence-electron chi connectivity index (χ0n) is 11.2. The Morgan fingerprint density at radius 1 is 1.00 bits per heavy atom. The Labute approximate surface area is 135 Å². The fourth-order valence-corrected chi connectivity index (χ4v) is 0.729. The maximum atomic E-state index is 9.17. The first kappa shape index (κ1) is 36.6. The minimum absolute atomic E-state index is 0. The van der Waals surface area contributed by atoms with E-state index in [9.17, 15) is 0 Å². The second kappa shape index (κ2) is 51.5. The Kier molecular flexibility index (Phi) is 89.7. The summed E-state index contributed by atoms with van der Waals surface area (Å²) < 4.78 is 42.4. The summed E-state index contributed by atoms with van der Waals surface area (Å²) in [5.74, 6) is 0.428. The molecule has 7 nitrogen and oxygen atoms in total.